The van der Waals surface area contributed by atoms with Crippen LogP contribution in [-0.2, 0) is 17.5 Å². The molecular formula is C31H33F3N6O2. The Labute approximate surface area is 243 Å². The first kappa shape index (κ1) is 29.4. The number of carbonyl (C=O) groups excluding carboxylic acids is 2. The SMILES string of the molecule is CCN1CCN(Cc2ccc(C(=O)Nc3cc(C#CC4=CC(NC(=O)C5CC5)=CNC4)ccn3)cc2C(F)(F)F)CC1. The van der Waals surface area contributed by atoms with Gasteiger partial charge in [-0.3, -0.25) is 14.5 Å². The van der Waals surface area contributed by atoms with Crippen molar-refractivity contribution in [2.75, 3.05) is 44.6 Å². The largest absolute Gasteiger partial charge is 0.416 e. The van der Waals surface area contributed by atoms with Crippen molar-refractivity contribution >= 4 is 17.6 Å². The van der Waals surface area contributed by atoms with Gasteiger partial charge < -0.3 is 20.9 Å². The van der Waals surface area contributed by atoms with E-state index in [4.69, 9.17) is 0 Å². The van der Waals surface area contributed by atoms with Crippen LogP contribution < -0.4 is 16.0 Å². The second-order valence-electron chi connectivity index (χ2n) is 10.6. The van der Waals surface area contributed by atoms with Gasteiger partial charge in [-0.25, -0.2) is 4.98 Å². The Bertz CT molecular complexity index is 1460. The van der Waals surface area contributed by atoms with E-state index >= 15 is 0 Å². The molecule has 5 rings (SSSR count). The first-order chi connectivity index (χ1) is 20.2. The third-order valence-corrected chi connectivity index (χ3v) is 7.45. The molecule has 1 aromatic heterocycles. The van der Waals surface area contributed by atoms with Crippen molar-refractivity contribution in [1.29, 1.82) is 0 Å². The molecule has 3 heterocycles. The summed E-state index contributed by atoms with van der Waals surface area (Å²) in [5.74, 6) is 5.64. The van der Waals surface area contributed by atoms with Gasteiger partial charge in [-0.2, -0.15) is 13.2 Å². The number of carbonyl (C=O) groups is 2. The summed E-state index contributed by atoms with van der Waals surface area (Å²) in [4.78, 5) is 33.4. The molecule has 1 aromatic carbocycles. The van der Waals surface area contributed by atoms with E-state index in [2.05, 4.69) is 44.6 Å². The fourth-order valence-electron chi connectivity index (χ4n) is 4.84. The molecule has 2 amide bonds. The summed E-state index contributed by atoms with van der Waals surface area (Å²) in [7, 11) is 0. The van der Waals surface area contributed by atoms with E-state index in [1.54, 1.807) is 24.4 Å². The summed E-state index contributed by atoms with van der Waals surface area (Å²) < 4.78 is 42.0. The molecule has 0 radical (unpaired) electrons. The van der Waals surface area contributed by atoms with Gasteiger partial charge in [-0.1, -0.05) is 24.8 Å². The van der Waals surface area contributed by atoms with Crippen LogP contribution in [0.4, 0.5) is 19.0 Å². The summed E-state index contributed by atoms with van der Waals surface area (Å²) in [5.41, 5.74) is 1.21. The highest BCUT2D eigenvalue weighted by Crippen LogP contribution is 2.34. The lowest BCUT2D eigenvalue weighted by atomic mass is 10.0. The highest BCUT2D eigenvalue weighted by Gasteiger charge is 2.35. The number of piperazine rings is 1. The molecule has 220 valence electrons. The van der Waals surface area contributed by atoms with Gasteiger partial charge in [0.2, 0.25) is 5.91 Å². The molecule has 42 heavy (non-hydrogen) atoms. The quantitative estimate of drug-likeness (QED) is 0.434. The van der Waals surface area contributed by atoms with Gasteiger partial charge in [0.15, 0.2) is 0 Å². The standard InChI is InChI=1S/C31H33F3N6O2/c1-2-39-11-13-40(14-12-39)20-25-8-7-24(17-27(25)31(32,33)34)30(42)38-28-16-21(9-10-36-28)3-4-22-15-26(19-35-18-22)37-29(41)23-5-6-23/h7-10,15-17,19,23,35H,2,5-6,11-14,18,20H2,1H3,(H,37,41)(H,36,38,42). The molecule has 0 spiro atoms. The number of nitrogens with zero attached hydrogens (tertiary/aromatic N) is 3. The van der Waals surface area contributed by atoms with E-state index in [-0.39, 0.29) is 35.3 Å². The molecule has 3 N–H and O–H groups in total. The molecule has 2 fully saturated rings. The number of allylic oxidation sites excluding steroid dienone is 1. The number of alkyl halides is 3. The van der Waals surface area contributed by atoms with Crippen LogP contribution in [0.2, 0.25) is 0 Å². The smallest absolute Gasteiger partial charge is 0.384 e. The summed E-state index contributed by atoms with van der Waals surface area (Å²) in [6, 6.07) is 6.94. The van der Waals surface area contributed by atoms with Crippen molar-refractivity contribution in [2.45, 2.75) is 32.5 Å². The molecular weight excluding hydrogens is 545 g/mol. The number of nitrogens with one attached hydrogen (secondary N) is 3. The van der Waals surface area contributed by atoms with Crippen LogP contribution >= 0.6 is 0 Å². The van der Waals surface area contributed by atoms with Crippen molar-refractivity contribution < 1.29 is 22.8 Å². The minimum atomic E-state index is -4.59. The maximum Gasteiger partial charge on any atom is 0.416 e. The van der Waals surface area contributed by atoms with Crippen LogP contribution in [0.1, 0.15) is 46.8 Å². The summed E-state index contributed by atoms with van der Waals surface area (Å²) in [6.45, 7) is 6.69. The number of rotatable bonds is 7. The number of aromatic nitrogens is 1. The number of anilines is 1. The Morgan fingerprint density at radius 2 is 1.81 bits per heavy atom. The maximum absolute atomic E-state index is 14.0. The zero-order valence-electron chi connectivity index (χ0n) is 23.4. The Hall–Kier alpha value is -4.14. The van der Waals surface area contributed by atoms with E-state index < -0.39 is 17.6 Å². The van der Waals surface area contributed by atoms with Gasteiger partial charge in [0.05, 0.1) is 11.3 Å². The first-order valence-electron chi connectivity index (χ1n) is 14.1. The topological polar surface area (TPSA) is 89.6 Å². The van der Waals surface area contributed by atoms with Crippen LogP contribution in [0.25, 0.3) is 0 Å². The highest BCUT2D eigenvalue weighted by atomic mass is 19.4. The maximum atomic E-state index is 14.0. The number of amides is 2. The van der Waals surface area contributed by atoms with E-state index in [0.29, 0.717) is 30.9 Å². The molecule has 0 unspecified atom stereocenters. The number of hydrogen-bond donors (Lipinski definition) is 3. The van der Waals surface area contributed by atoms with Crippen LogP contribution in [0.3, 0.4) is 0 Å². The highest BCUT2D eigenvalue weighted by molar-refractivity contribution is 6.04. The summed E-state index contributed by atoms with van der Waals surface area (Å²) in [5, 5.41) is 8.55. The lowest BCUT2D eigenvalue weighted by molar-refractivity contribution is -0.138. The minimum Gasteiger partial charge on any atom is -0.384 e. The molecule has 0 bridgehead atoms. The molecule has 1 saturated heterocycles. The average Bonchev–Trinajstić information content (AvgIpc) is 3.83. The monoisotopic (exact) mass is 578 g/mol. The molecule has 1 saturated carbocycles. The average molecular weight is 579 g/mol. The van der Waals surface area contributed by atoms with Gasteiger partial charge in [0, 0.05) is 74.3 Å². The molecule has 0 atom stereocenters. The van der Waals surface area contributed by atoms with Gasteiger partial charge >= 0.3 is 6.18 Å². The van der Waals surface area contributed by atoms with Gasteiger partial charge in [0.25, 0.3) is 5.91 Å². The Morgan fingerprint density at radius 3 is 2.52 bits per heavy atom. The van der Waals surface area contributed by atoms with Crippen molar-refractivity contribution in [1.82, 2.24) is 25.4 Å². The molecule has 1 aliphatic carbocycles. The van der Waals surface area contributed by atoms with Crippen molar-refractivity contribution in [3.63, 3.8) is 0 Å². The van der Waals surface area contributed by atoms with Crippen molar-refractivity contribution in [3.05, 3.63) is 82.3 Å². The second-order valence-corrected chi connectivity index (χ2v) is 10.6. The van der Waals surface area contributed by atoms with Gasteiger partial charge in [-0.05, 0) is 55.3 Å². The third-order valence-electron chi connectivity index (χ3n) is 7.45. The molecule has 11 heteroatoms. The van der Waals surface area contributed by atoms with Crippen LogP contribution in [-0.4, -0.2) is 65.9 Å². The van der Waals surface area contributed by atoms with Crippen LogP contribution in [0.5, 0.6) is 0 Å². The van der Waals surface area contributed by atoms with E-state index in [1.807, 2.05) is 4.90 Å². The third kappa shape index (κ3) is 7.78. The van der Waals surface area contributed by atoms with E-state index in [1.165, 1.54) is 18.3 Å². The molecule has 2 aliphatic heterocycles. The normalized spacial score (nSPS) is 17.7. The van der Waals surface area contributed by atoms with E-state index in [9.17, 15) is 22.8 Å². The number of dihydropyridines is 1. The van der Waals surface area contributed by atoms with Crippen molar-refractivity contribution in [3.8, 4) is 11.8 Å². The fourth-order valence-corrected chi connectivity index (χ4v) is 4.84. The zero-order chi connectivity index (χ0) is 29.7. The minimum absolute atomic E-state index is 0.00508. The molecule has 2 aromatic rings. The predicted molar refractivity (Wildman–Crippen MR) is 153 cm³/mol. The van der Waals surface area contributed by atoms with Crippen LogP contribution in [0, 0.1) is 17.8 Å². The number of halogens is 3. The second kappa shape index (κ2) is 12.8. The number of benzene rings is 1. The Morgan fingerprint density at radius 1 is 1.05 bits per heavy atom. The lowest BCUT2D eigenvalue weighted by Crippen LogP contribution is -2.45. The molecule has 3 aliphatic rings. The zero-order valence-corrected chi connectivity index (χ0v) is 23.4. The Balaban J connectivity index is 1.25. The van der Waals surface area contributed by atoms with Gasteiger partial charge in [-0.15, -0.1) is 0 Å². The summed E-state index contributed by atoms with van der Waals surface area (Å²) >= 11 is 0. The number of hydrogen-bond acceptors (Lipinski definition) is 6. The Kier molecular flexibility index (Phi) is 8.94. The number of likely N-dealkylation sites (N-methyl/N-ethyl adjacent to an activating group) is 1. The van der Waals surface area contributed by atoms with E-state index in [0.717, 1.165) is 44.1 Å². The van der Waals surface area contributed by atoms with Gasteiger partial charge in [0.1, 0.15) is 5.82 Å². The first-order valence-corrected chi connectivity index (χ1v) is 14.1. The van der Waals surface area contributed by atoms with Crippen molar-refractivity contribution in [2.24, 2.45) is 5.92 Å². The number of pyridine rings is 1. The fraction of sp³-hybridized carbons (Fsp3) is 0.387. The molecule has 8 nitrogen and oxygen atoms in total. The lowest BCUT2D eigenvalue weighted by Gasteiger charge is -2.34. The summed E-state index contributed by atoms with van der Waals surface area (Å²) in [6.07, 6.45) is 2.24. The van der Waals surface area contributed by atoms with Crippen LogP contribution in [0.15, 0.2) is 60.1 Å². The predicted octanol–water partition coefficient (Wildman–Crippen LogP) is 3.74.